The minimum atomic E-state index is 0.610. The van der Waals surface area contributed by atoms with Crippen molar-refractivity contribution in [2.75, 3.05) is 39.8 Å². The highest BCUT2D eigenvalue weighted by molar-refractivity contribution is 4.76. The molecule has 0 saturated carbocycles. The van der Waals surface area contributed by atoms with E-state index in [0.717, 1.165) is 6.54 Å². The van der Waals surface area contributed by atoms with Gasteiger partial charge in [0.2, 0.25) is 0 Å². The quantitative estimate of drug-likeness (QED) is 0.647. The monoisotopic (exact) mass is 171 g/mol. The molecule has 1 saturated heterocycles. The molecule has 0 spiro atoms. The summed E-state index contributed by atoms with van der Waals surface area (Å²) in [6.45, 7) is 7.78. The Bertz CT molecular complexity index is 115. The SMILES string of the molecule is CCC(CN)N1CCN(C)CC1. The number of nitrogens with zero attached hydrogens (tertiary/aromatic N) is 2. The summed E-state index contributed by atoms with van der Waals surface area (Å²) in [7, 11) is 2.18. The second-order valence-electron chi connectivity index (χ2n) is 3.64. The molecule has 1 rings (SSSR count). The van der Waals surface area contributed by atoms with Crippen LogP contribution < -0.4 is 5.73 Å². The van der Waals surface area contributed by atoms with E-state index in [4.69, 9.17) is 5.73 Å². The van der Waals surface area contributed by atoms with Gasteiger partial charge in [0.25, 0.3) is 0 Å². The van der Waals surface area contributed by atoms with Gasteiger partial charge in [0.1, 0.15) is 0 Å². The smallest absolute Gasteiger partial charge is 0.0216 e. The van der Waals surface area contributed by atoms with Crippen molar-refractivity contribution >= 4 is 0 Å². The fraction of sp³-hybridized carbons (Fsp3) is 1.00. The second kappa shape index (κ2) is 4.80. The van der Waals surface area contributed by atoms with Crippen molar-refractivity contribution in [1.29, 1.82) is 0 Å². The van der Waals surface area contributed by atoms with Gasteiger partial charge in [-0.3, -0.25) is 4.90 Å². The van der Waals surface area contributed by atoms with Gasteiger partial charge in [0.15, 0.2) is 0 Å². The lowest BCUT2D eigenvalue weighted by atomic mass is 10.1. The molecule has 0 bridgehead atoms. The molecule has 1 unspecified atom stereocenters. The largest absolute Gasteiger partial charge is 0.329 e. The van der Waals surface area contributed by atoms with E-state index in [-0.39, 0.29) is 0 Å². The minimum absolute atomic E-state index is 0.610. The second-order valence-corrected chi connectivity index (χ2v) is 3.64. The van der Waals surface area contributed by atoms with E-state index in [0.29, 0.717) is 6.04 Å². The first kappa shape index (κ1) is 9.96. The summed E-state index contributed by atoms with van der Waals surface area (Å²) in [5.41, 5.74) is 5.69. The van der Waals surface area contributed by atoms with Gasteiger partial charge in [-0.25, -0.2) is 0 Å². The van der Waals surface area contributed by atoms with Crippen molar-refractivity contribution < 1.29 is 0 Å². The first-order chi connectivity index (χ1) is 5.77. The number of hydrogen-bond acceptors (Lipinski definition) is 3. The fourth-order valence-electron chi connectivity index (χ4n) is 1.76. The maximum atomic E-state index is 5.69. The van der Waals surface area contributed by atoms with Crippen molar-refractivity contribution in [2.45, 2.75) is 19.4 Å². The maximum absolute atomic E-state index is 5.69. The summed E-state index contributed by atoms with van der Waals surface area (Å²) in [5.74, 6) is 0. The highest BCUT2D eigenvalue weighted by Gasteiger charge is 2.19. The molecule has 1 aliphatic rings. The summed E-state index contributed by atoms with van der Waals surface area (Å²) >= 11 is 0. The summed E-state index contributed by atoms with van der Waals surface area (Å²) in [4.78, 5) is 4.89. The number of piperazine rings is 1. The van der Waals surface area contributed by atoms with Crippen LogP contribution in [-0.4, -0.2) is 55.6 Å². The molecule has 72 valence electrons. The predicted molar refractivity (Wildman–Crippen MR) is 52.2 cm³/mol. The normalized spacial score (nSPS) is 24.2. The van der Waals surface area contributed by atoms with Gasteiger partial charge < -0.3 is 10.6 Å². The first-order valence-corrected chi connectivity index (χ1v) is 4.90. The van der Waals surface area contributed by atoms with Crippen LogP contribution in [0.2, 0.25) is 0 Å². The first-order valence-electron chi connectivity index (χ1n) is 4.90. The molecule has 0 aromatic heterocycles. The van der Waals surface area contributed by atoms with Gasteiger partial charge >= 0.3 is 0 Å². The van der Waals surface area contributed by atoms with Gasteiger partial charge in [-0.1, -0.05) is 6.92 Å². The highest BCUT2D eigenvalue weighted by atomic mass is 15.3. The van der Waals surface area contributed by atoms with Crippen molar-refractivity contribution in [3.8, 4) is 0 Å². The molecule has 0 aromatic rings. The van der Waals surface area contributed by atoms with Gasteiger partial charge in [-0.15, -0.1) is 0 Å². The fourth-order valence-corrected chi connectivity index (χ4v) is 1.76. The molecule has 1 heterocycles. The number of rotatable bonds is 3. The molecule has 12 heavy (non-hydrogen) atoms. The van der Waals surface area contributed by atoms with Crippen LogP contribution >= 0.6 is 0 Å². The zero-order valence-corrected chi connectivity index (χ0v) is 8.29. The van der Waals surface area contributed by atoms with Crippen LogP contribution in [-0.2, 0) is 0 Å². The minimum Gasteiger partial charge on any atom is -0.329 e. The van der Waals surface area contributed by atoms with Gasteiger partial charge in [0.05, 0.1) is 0 Å². The van der Waals surface area contributed by atoms with Crippen molar-refractivity contribution in [3.05, 3.63) is 0 Å². The lowest BCUT2D eigenvalue weighted by Crippen LogP contribution is -2.51. The van der Waals surface area contributed by atoms with E-state index < -0.39 is 0 Å². The zero-order chi connectivity index (χ0) is 8.97. The Labute approximate surface area is 75.5 Å². The third-order valence-electron chi connectivity index (χ3n) is 2.80. The average molecular weight is 171 g/mol. The third kappa shape index (κ3) is 2.44. The molecule has 0 aliphatic carbocycles. The van der Waals surface area contributed by atoms with Gasteiger partial charge in [-0.05, 0) is 13.5 Å². The zero-order valence-electron chi connectivity index (χ0n) is 8.29. The summed E-state index contributed by atoms with van der Waals surface area (Å²) < 4.78 is 0. The van der Waals surface area contributed by atoms with E-state index >= 15 is 0 Å². The van der Waals surface area contributed by atoms with Crippen LogP contribution in [0.5, 0.6) is 0 Å². The highest BCUT2D eigenvalue weighted by Crippen LogP contribution is 2.06. The summed E-state index contributed by atoms with van der Waals surface area (Å²) in [5, 5.41) is 0. The summed E-state index contributed by atoms with van der Waals surface area (Å²) in [6, 6.07) is 0.610. The van der Waals surface area contributed by atoms with Crippen LogP contribution in [0.3, 0.4) is 0 Å². The van der Waals surface area contributed by atoms with Gasteiger partial charge in [-0.2, -0.15) is 0 Å². The molecule has 0 amide bonds. The lowest BCUT2D eigenvalue weighted by molar-refractivity contribution is 0.112. The molecule has 3 heteroatoms. The van der Waals surface area contributed by atoms with Gasteiger partial charge in [0, 0.05) is 38.8 Å². The van der Waals surface area contributed by atoms with Crippen LogP contribution in [0.4, 0.5) is 0 Å². The molecule has 3 nitrogen and oxygen atoms in total. The van der Waals surface area contributed by atoms with Crippen molar-refractivity contribution in [1.82, 2.24) is 9.80 Å². The van der Waals surface area contributed by atoms with Crippen molar-refractivity contribution in [3.63, 3.8) is 0 Å². The third-order valence-corrected chi connectivity index (χ3v) is 2.80. The maximum Gasteiger partial charge on any atom is 0.0216 e. The Morgan fingerprint density at radius 2 is 1.83 bits per heavy atom. The molecule has 0 radical (unpaired) electrons. The van der Waals surface area contributed by atoms with Crippen LogP contribution in [0.1, 0.15) is 13.3 Å². The lowest BCUT2D eigenvalue weighted by Gasteiger charge is -2.37. The summed E-state index contributed by atoms with van der Waals surface area (Å²) in [6.07, 6.45) is 1.18. The molecule has 1 atom stereocenters. The van der Waals surface area contributed by atoms with E-state index in [1.807, 2.05) is 0 Å². The van der Waals surface area contributed by atoms with E-state index in [1.54, 1.807) is 0 Å². The number of nitrogens with two attached hydrogens (primary N) is 1. The Morgan fingerprint density at radius 1 is 1.25 bits per heavy atom. The van der Waals surface area contributed by atoms with E-state index in [1.165, 1.54) is 32.6 Å². The molecule has 1 aliphatic heterocycles. The Kier molecular flexibility index (Phi) is 3.98. The average Bonchev–Trinajstić information content (AvgIpc) is 2.10. The molecule has 1 fully saturated rings. The molecular formula is C9H21N3. The van der Waals surface area contributed by atoms with Crippen LogP contribution in [0.25, 0.3) is 0 Å². The molecule has 0 aromatic carbocycles. The molecular weight excluding hydrogens is 150 g/mol. The van der Waals surface area contributed by atoms with Crippen molar-refractivity contribution in [2.24, 2.45) is 5.73 Å². The topological polar surface area (TPSA) is 32.5 Å². The predicted octanol–water partition coefficient (Wildman–Crippen LogP) is -0.0289. The Balaban J connectivity index is 2.32. The van der Waals surface area contributed by atoms with Crippen LogP contribution in [0.15, 0.2) is 0 Å². The van der Waals surface area contributed by atoms with E-state index in [9.17, 15) is 0 Å². The number of likely N-dealkylation sites (N-methyl/N-ethyl adjacent to an activating group) is 1. The number of hydrogen-bond donors (Lipinski definition) is 1. The Morgan fingerprint density at radius 3 is 2.25 bits per heavy atom. The standard InChI is InChI=1S/C9H21N3/c1-3-9(8-10)12-6-4-11(2)5-7-12/h9H,3-8,10H2,1-2H3. The molecule has 2 N–H and O–H groups in total. The van der Waals surface area contributed by atoms with Crippen LogP contribution in [0, 0.1) is 0 Å². The Hall–Kier alpha value is -0.120. The van der Waals surface area contributed by atoms with E-state index in [2.05, 4.69) is 23.8 Å².